The zero-order chi connectivity index (χ0) is 19.5. The summed E-state index contributed by atoms with van der Waals surface area (Å²) in [4.78, 5) is 21.8. The van der Waals surface area contributed by atoms with Gasteiger partial charge in [0.15, 0.2) is 0 Å². The maximum Gasteiger partial charge on any atom is 0.258 e. The number of carbonyl (C=O) groups is 1. The topological polar surface area (TPSA) is 54.9 Å². The van der Waals surface area contributed by atoms with E-state index in [-0.39, 0.29) is 17.6 Å². The Morgan fingerprint density at radius 3 is 2.54 bits per heavy atom. The van der Waals surface area contributed by atoms with Crippen LogP contribution in [0, 0.1) is 5.82 Å². The number of halogens is 2. The van der Waals surface area contributed by atoms with Crippen LogP contribution in [-0.4, -0.2) is 15.9 Å². The summed E-state index contributed by atoms with van der Waals surface area (Å²) in [6, 6.07) is 11.5. The van der Waals surface area contributed by atoms with Crippen molar-refractivity contribution in [3.05, 3.63) is 77.1 Å². The molecule has 1 amide bonds. The molecule has 1 N–H and O–H groups in total. The summed E-state index contributed by atoms with van der Waals surface area (Å²) < 4.78 is 14.5. The van der Waals surface area contributed by atoms with Crippen LogP contribution in [0.15, 0.2) is 54.9 Å². The Morgan fingerprint density at radius 2 is 1.82 bits per heavy atom. The molecule has 0 aliphatic heterocycles. The molecule has 28 heavy (non-hydrogen) atoms. The molecule has 1 aliphatic carbocycles. The molecule has 0 unspecified atom stereocenters. The fourth-order valence-corrected chi connectivity index (χ4v) is 3.88. The first kappa shape index (κ1) is 18.6. The molecular weight excluding hydrogens is 377 g/mol. The van der Waals surface area contributed by atoms with Crippen LogP contribution in [0.1, 0.15) is 47.7 Å². The van der Waals surface area contributed by atoms with E-state index in [4.69, 9.17) is 11.6 Å². The fraction of sp³-hybridized carbons (Fsp3) is 0.227. The van der Waals surface area contributed by atoms with Gasteiger partial charge in [0.05, 0.1) is 23.1 Å². The fourth-order valence-electron chi connectivity index (χ4n) is 3.77. The van der Waals surface area contributed by atoms with Crippen molar-refractivity contribution in [1.82, 2.24) is 9.97 Å². The number of benzene rings is 1. The van der Waals surface area contributed by atoms with Gasteiger partial charge < -0.3 is 5.32 Å². The molecule has 4 nitrogen and oxygen atoms in total. The molecule has 0 atom stereocenters. The van der Waals surface area contributed by atoms with E-state index in [0.29, 0.717) is 27.5 Å². The highest BCUT2D eigenvalue weighted by atomic mass is 35.5. The quantitative estimate of drug-likeness (QED) is 0.564. The van der Waals surface area contributed by atoms with Crippen molar-refractivity contribution in [3.63, 3.8) is 0 Å². The van der Waals surface area contributed by atoms with E-state index >= 15 is 0 Å². The van der Waals surface area contributed by atoms with Gasteiger partial charge in [-0.25, -0.2) is 9.37 Å². The number of nitrogens with zero attached hydrogens (tertiary/aromatic N) is 2. The lowest BCUT2D eigenvalue weighted by Crippen LogP contribution is -2.18. The summed E-state index contributed by atoms with van der Waals surface area (Å²) in [5, 5.41) is 3.20. The smallest absolute Gasteiger partial charge is 0.258 e. The Kier molecular flexibility index (Phi) is 5.35. The standard InChI is InChI=1S/C22H19ClFN3O/c23-19-10-9-15(13-26-19)27-22(28)20-17(16-7-3-4-8-18(16)24)11-12-25-21(20)14-5-1-2-6-14/h3-4,7-14H,1-2,5-6H2,(H,27,28). The van der Waals surface area contributed by atoms with Gasteiger partial charge in [0.1, 0.15) is 11.0 Å². The number of amides is 1. The van der Waals surface area contributed by atoms with Gasteiger partial charge in [-0.15, -0.1) is 0 Å². The SMILES string of the molecule is O=C(Nc1ccc(Cl)nc1)c1c(-c2ccccc2F)ccnc1C1CCCC1. The van der Waals surface area contributed by atoms with Crippen LogP contribution in [-0.2, 0) is 0 Å². The first-order chi connectivity index (χ1) is 13.6. The molecule has 0 bridgehead atoms. The largest absolute Gasteiger partial charge is 0.321 e. The first-order valence-electron chi connectivity index (χ1n) is 9.30. The summed E-state index contributed by atoms with van der Waals surface area (Å²) in [6.45, 7) is 0. The second-order valence-corrected chi connectivity index (χ2v) is 7.29. The van der Waals surface area contributed by atoms with Crippen molar-refractivity contribution < 1.29 is 9.18 Å². The minimum Gasteiger partial charge on any atom is -0.321 e. The zero-order valence-corrected chi connectivity index (χ0v) is 15.9. The van der Waals surface area contributed by atoms with Crippen molar-refractivity contribution in [3.8, 4) is 11.1 Å². The van der Waals surface area contributed by atoms with E-state index in [0.717, 1.165) is 31.4 Å². The van der Waals surface area contributed by atoms with Crippen LogP contribution in [0.5, 0.6) is 0 Å². The first-order valence-corrected chi connectivity index (χ1v) is 9.68. The van der Waals surface area contributed by atoms with Crippen LogP contribution >= 0.6 is 11.6 Å². The van der Waals surface area contributed by atoms with E-state index in [1.165, 1.54) is 12.3 Å². The Morgan fingerprint density at radius 1 is 1.04 bits per heavy atom. The molecule has 6 heteroatoms. The highest BCUT2D eigenvalue weighted by molar-refractivity contribution is 6.29. The number of anilines is 1. The second kappa shape index (κ2) is 8.07. The van der Waals surface area contributed by atoms with E-state index in [2.05, 4.69) is 15.3 Å². The molecule has 142 valence electrons. The normalized spacial score (nSPS) is 14.2. The van der Waals surface area contributed by atoms with Gasteiger partial charge in [-0.2, -0.15) is 0 Å². The third-order valence-corrected chi connectivity index (χ3v) is 5.32. The third kappa shape index (κ3) is 3.76. The lowest BCUT2D eigenvalue weighted by Gasteiger charge is -2.18. The van der Waals surface area contributed by atoms with Crippen LogP contribution in [0.3, 0.4) is 0 Å². The molecule has 0 radical (unpaired) electrons. The lowest BCUT2D eigenvalue weighted by atomic mass is 9.91. The Labute approximate surface area is 167 Å². The Balaban J connectivity index is 1.81. The molecular formula is C22H19ClFN3O. The van der Waals surface area contributed by atoms with Crippen LogP contribution in [0.25, 0.3) is 11.1 Å². The molecule has 1 fully saturated rings. The summed E-state index contributed by atoms with van der Waals surface area (Å²) in [5.41, 5.74) is 2.63. The Hall–Kier alpha value is -2.79. The van der Waals surface area contributed by atoms with Gasteiger partial charge in [0.25, 0.3) is 5.91 Å². The van der Waals surface area contributed by atoms with Crippen molar-refractivity contribution in [2.75, 3.05) is 5.32 Å². The van der Waals surface area contributed by atoms with Crippen molar-refractivity contribution in [1.29, 1.82) is 0 Å². The lowest BCUT2D eigenvalue weighted by molar-refractivity contribution is 0.102. The number of carbonyl (C=O) groups excluding carboxylic acids is 1. The monoisotopic (exact) mass is 395 g/mol. The van der Waals surface area contributed by atoms with Gasteiger partial charge in [-0.3, -0.25) is 9.78 Å². The predicted octanol–water partition coefficient (Wildman–Crippen LogP) is 5.85. The van der Waals surface area contributed by atoms with Gasteiger partial charge in [-0.1, -0.05) is 42.6 Å². The van der Waals surface area contributed by atoms with Crippen molar-refractivity contribution in [2.45, 2.75) is 31.6 Å². The number of pyridine rings is 2. The molecule has 0 spiro atoms. The minimum atomic E-state index is -0.367. The molecule has 1 saturated carbocycles. The highest BCUT2D eigenvalue weighted by Crippen LogP contribution is 2.38. The van der Waals surface area contributed by atoms with Gasteiger partial charge in [-0.05, 0) is 37.1 Å². The number of nitrogens with one attached hydrogen (secondary N) is 1. The molecule has 2 heterocycles. The Bertz CT molecular complexity index is 1000. The third-order valence-electron chi connectivity index (χ3n) is 5.10. The number of aromatic nitrogens is 2. The molecule has 4 rings (SSSR count). The molecule has 0 saturated heterocycles. The molecule has 1 aliphatic rings. The van der Waals surface area contributed by atoms with Crippen LogP contribution < -0.4 is 5.32 Å². The van der Waals surface area contributed by atoms with Crippen LogP contribution in [0.4, 0.5) is 10.1 Å². The summed E-state index contributed by atoms with van der Waals surface area (Å²) in [6.07, 6.45) is 7.34. The van der Waals surface area contributed by atoms with Gasteiger partial charge >= 0.3 is 0 Å². The van der Waals surface area contributed by atoms with Gasteiger partial charge in [0, 0.05) is 23.2 Å². The van der Waals surface area contributed by atoms with Crippen molar-refractivity contribution in [2.24, 2.45) is 0 Å². The summed E-state index contributed by atoms with van der Waals surface area (Å²) in [5.74, 6) is -0.485. The summed E-state index contributed by atoms with van der Waals surface area (Å²) >= 11 is 5.82. The molecule has 3 aromatic rings. The molecule has 2 aromatic heterocycles. The zero-order valence-electron chi connectivity index (χ0n) is 15.2. The average molecular weight is 396 g/mol. The number of hydrogen-bond acceptors (Lipinski definition) is 3. The maximum atomic E-state index is 14.5. The minimum absolute atomic E-state index is 0.204. The van der Waals surface area contributed by atoms with Crippen LogP contribution in [0.2, 0.25) is 5.15 Å². The predicted molar refractivity (Wildman–Crippen MR) is 108 cm³/mol. The van der Waals surface area contributed by atoms with E-state index in [9.17, 15) is 9.18 Å². The number of rotatable bonds is 4. The highest BCUT2D eigenvalue weighted by Gasteiger charge is 2.27. The second-order valence-electron chi connectivity index (χ2n) is 6.90. The van der Waals surface area contributed by atoms with Crippen molar-refractivity contribution >= 4 is 23.2 Å². The average Bonchev–Trinajstić information content (AvgIpc) is 3.24. The van der Waals surface area contributed by atoms with E-state index in [1.54, 1.807) is 42.6 Å². The number of hydrogen-bond donors (Lipinski definition) is 1. The van der Waals surface area contributed by atoms with E-state index in [1.807, 2.05) is 0 Å². The summed E-state index contributed by atoms with van der Waals surface area (Å²) in [7, 11) is 0. The maximum absolute atomic E-state index is 14.5. The molecule has 1 aromatic carbocycles. The van der Waals surface area contributed by atoms with Gasteiger partial charge in [0.2, 0.25) is 0 Å². The van der Waals surface area contributed by atoms with E-state index < -0.39 is 0 Å².